The predicted octanol–water partition coefficient (Wildman–Crippen LogP) is 4.08. The molecule has 3 rings (SSSR count). The van der Waals surface area contributed by atoms with Gasteiger partial charge in [0, 0.05) is 5.39 Å². The summed E-state index contributed by atoms with van der Waals surface area (Å²) in [5.74, 6) is 6.06. The summed E-state index contributed by atoms with van der Waals surface area (Å²) >= 11 is 3.45. The molecular weight excluding hydrogens is 335 g/mol. The molecule has 0 aliphatic heterocycles. The van der Waals surface area contributed by atoms with Crippen molar-refractivity contribution in [1.29, 1.82) is 0 Å². The fourth-order valence-corrected chi connectivity index (χ4v) is 2.81. The van der Waals surface area contributed by atoms with Crippen molar-refractivity contribution < 1.29 is 8.81 Å². The Labute approximate surface area is 130 Å². The molecule has 0 bridgehead atoms. The molecule has 21 heavy (non-hydrogen) atoms. The number of hydrazine groups is 1. The molecule has 5 heteroatoms. The van der Waals surface area contributed by atoms with E-state index in [0.29, 0.717) is 17.7 Å². The molecule has 3 N–H and O–H groups in total. The van der Waals surface area contributed by atoms with Crippen LogP contribution in [0.3, 0.4) is 0 Å². The number of nitrogens with one attached hydrogen (secondary N) is 1. The van der Waals surface area contributed by atoms with E-state index in [1.165, 1.54) is 6.07 Å². The molecule has 0 saturated carbocycles. The SMILES string of the molecule is NNC(Cc1ccccc1F)c1cc2cccc(Br)c2o1. The van der Waals surface area contributed by atoms with Crippen molar-refractivity contribution in [3.63, 3.8) is 0 Å². The van der Waals surface area contributed by atoms with Gasteiger partial charge in [-0.15, -0.1) is 0 Å². The number of nitrogens with two attached hydrogens (primary N) is 1. The lowest BCUT2D eigenvalue weighted by molar-refractivity contribution is 0.429. The molecule has 3 nitrogen and oxygen atoms in total. The maximum Gasteiger partial charge on any atom is 0.148 e. The number of halogens is 2. The summed E-state index contributed by atoms with van der Waals surface area (Å²) in [7, 11) is 0. The molecule has 0 saturated heterocycles. The summed E-state index contributed by atoms with van der Waals surface area (Å²) < 4.78 is 20.5. The van der Waals surface area contributed by atoms with E-state index in [0.717, 1.165) is 15.4 Å². The standard InChI is InChI=1S/C16H14BrFN2O/c17-12-6-3-5-11-9-15(21-16(11)12)14(20-19)8-10-4-1-2-7-13(10)18/h1-7,9,14,20H,8,19H2. The first-order valence-electron chi connectivity index (χ1n) is 6.56. The van der Waals surface area contributed by atoms with Crippen molar-refractivity contribution in [2.75, 3.05) is 0 Å². The van der Waals surface area contributed by atoms with Gasteiger partial charge in [0.1, 0.15) is 17.2 Å². The van der Waals surface area contributed by atoms with Crippen LogP contribution in [0.25, 0.3) is 11.0 Å². The Balaban J connectivity index is 1.95. The molecular formula is C16H14BrFN2O. The van der Waals surface area contributed by atoms with E-state index >= 15 is 0 Å². The number of furan rings is 1. The molecule has 0 fully saturated rings. The summed E-state index contributed by atoms with van der Waals surface area (Å²) in [6.45, 7) is 0. The minimum atomic E-state index is -0.291. The largest absolute Gasteiger partial charge is 0.458 e. The number of benzene rings is 2. The highest BCUT2D eigenvalue weighted by Crippen LogP contribution is 2.30. The van der Waals surface area contributed by atoms with Crippen molar-refractivity contribution in [2.24, 2.45) is 5.84 Å². The average Bonchev–Trinajstić information content (AvgIpc) is 2.92. The van der Waals surface area contributed by atoms with Crippen LogP contribution >= 0.6 is 15.9 Å². The maximum absolute atomic E-state index is 13.8. The minimum Gasteiger partial charge on any atom is -0.458 e. The van der Waals surface area contributed by atoms with Crippen LogP contribution in [0.1, 0.15) is 17.4 Å². The molecule has 1 unspecified atom stereocenters. The van der Waals surface area contributed by atoms with Crippen LogP contribution in [0.5, 0.6) is 0 Å². The van der Waals surface area contributed by atoms with Crippen LogP contribution in [0.2, 0.25) is 0 Å². The molecule has 0 aliphatic carbocycles. The summed E-state index contributed by atoms with van der Waals surface area (Å²) in [5.41, 5.74) is 4.06. The molecule has 108 valence electrons. The van der Waals surface area contributed by atoms with Crippen molar-refractivity contribution in [3.05, 3.63) is 70.1 Å². The van der Waals surface area contributed by atoms with Gasteiger partial charge in [0.15, 0.2) is 0 Å². The van der Waals surface area contributed by atoms with Gasteiger partial charge in [-0.25, -0.2) is 9.82 Å². The van der Waals surface area contributed by atoms with Crippen molar-refractivity contribution in [2.45, 2.75) is 12.5 Å². The van der Waals surface area contributed by atoms with Crippen LogP contribution in [-0.4, -0.2) is 0 Å². The highest BCUT2D eigenvalue weighted by atomic mass is 79.9. The van der Waals surface area contributed by atoms with Gasteiger partial charge in [-0.2, -0.15) is 0 Å². The first kappa shape index (κ1) is 14.3. The fourth-order valence-electron chi connectivity index (χ4n) is 2.34. The molecule has 3 aromatic rings. The lowest BCUT2D eigenvalue weighted by Crippen LogP contribution is -2.29. The van der Waals surface area contributed by atoms with Gasteiger partial charge in [0.25, 0.3) is 0 Å². The van der Waals surface area contributed by atoms with Gasteiger partial charge < -0.3 is 4.42 Å². The lowest BCUT2D eigenvalue weighted by atomic mass is 10.0. The molecule has 0 aliphatic rings. The van der Waals surface area contributed by atoms with Crippen LogP contribution in [0.4, 0.5) is 4.39 Å². The van der Waals surface area contributed by atoms with Crippen LogP contribution in [0, 0.1) is 5.82 Å². The Kier molecular flexibility index (Phi) is 4.05. The number of rotatable bonds is 4. The molecule has 0 spiro atoms. The van der Waals surface area contributed by atoms with E-state index < -0.39 is 0 Å². The molecule has 1 aromatic heterocycles. The van der Waals surface area contributed by atoms with E-state index in [-0.39, 0.29) is 11.9 Å². The minimum absolute atomic E-state index is 0.241. The second kappa shape index (κ2) is 5.97. The Morgan fingerprint density at radius 2 is 2.00 bits per heavy atom. The molecule has 0 radical (unpaired) electrons. The fraction of sp³-hybridized carbons (Fsp3) is 0.125. The molecule has 2 aromatic carbocycles. The van der Waals surface area contributed by atoms with Gasteiger partial charge in [0.2, 0.25) is 0 Å². The van der Waals surface area contributed by atoms with Gasteiger partial charge in [-0.3, -0.25) is 5.84 Å². The highest BCUT2D eigenvalue weighted by Gasteiger charge is 2.18. The molecule has 1 atom stereocenters. The third-order valence-electron chi connectivity index (χ3n) is 3.44. The zero-order chi connectivity index (χ0) is 14.8. The third kappa shape index (κ3) is 2.85. The van der Waals surface area contributed by atoms with Crippen LogP contribution < -0.4 is 11.3 Å². The lowest BCUT2D eigenvalue weighted by Gasteiger charge is -2.13. The summed E-state index contributed by atoms with van der Waals surface area (Å²) in [5, 5.41) is 0.980. The van der Waals surface area contributed by atoms with E-state index in [1.807, 2.05) is 24.3 Å². The van der Waals surface area contributed by atoms with Gasteiger partial charge in [-0.1, -0.05) is 30.3 Å². The van der Waals surface area contributed by atoms with E-state index in [9.17, 15) is 4.39 Å². The Bertz CT molecular complexity index is 772. The number of hydrogen-bond acceptors (Lipinski definition) is 3. The maximum atomic E-state index is 13.8. The summed E-state index contributed by atoms with van der Waals surface area (Å²) in [6, 6.07) is 14.1. The van der Waals surface area contributed by atoms with E-state index in [1.54, 1.807) is 18.2 Å². The normalized spacial score (nSPS) is 12.7. The summed E-state index contributed by atoms with van der Waals surface area (Å²) in [6.07, 6.45) is 0.417. The van der Waals surface area contributed by atoms with E-state index in [4.69, 9.17) is 10.3 Å². The summed E-state index contributed by atoms with van der Waals surface area (Å²) in [4.78, 5) is 0. The monoisotopic (exact) mass is 348 g/mol. The quantitative estimate of drug-likeness (QED) is 0.551. The van der Waals surface area contributed by atoms with Gasteiger partial charge >= 0.3 is 0 Å². The predicted molar refractivity (Wildman–Crippen MR) is 84.1 cm³/mol. The van der Waals surface area contributed by atoms with Crippen molar-refractivity contribution in [1.82, 2.24) is 5.43 Å². The number of para-hydroxylation sites is 1. The Hall–Kier alpha value is -1.69. The first-order chi connectivity index (χ1) is 10.2. The highest BCUT2D eigenvalue weighted by molar-refractivity contribution is 9.10. The second-order valence-electron chi connectivity index (χ2n) is 4.82. The van der Waals surface area contributed by atoms with Crippen LogP contribution in [0.15, 0.2) is 57.4 Å². The zero-order valence-corrected chi connectivity index (χ0v) is 12.7. The van der Waals surface area contributed by atoms with Crippen molar-refractivity contribution >= 4 is 26.9 Å². The average molecular weight is 349 g/mol. The molecule has 0 amide bonds. The van der Waals surface area contributed by atoms with Crippen molar-refractivity contribution in [3.8, 4) is 0 Å². The van der Waals surface area contributed by atoms with Gasteiger partial charge in [0.05, 0.1) is 10.5 Å². The Morgan fingerprint density at radius 3 is 2.71 bits per heavy atom. The zero-order valence-electron chi connectivity index (χ0n) is 11.1. The first-order valence-corrected chi connectivity index (χ1v) is 7.36. The molecule has 1 heterocycles. The smallest absolute Gasteiger partial charge is 0.148 e. The number of fused-ring (bicyclic) bond motifs is 1. The second-order valence-corrected chi connectivity index (χ2v) is 5.68. The Morgan fingerprint density at radius 1 is 1.19 bits per heavy atom. The third-order valence-corrected chi connectivity index (χ3v) is 4.07. The number of hydrogen-bond donors (Lipinski definition) is 2. The van der Waals surface area contributed by atoms with Crippen LogP contribution in [-0.2, 0) is 6.42 Å². The topological polar surface area (TPSA) is 51.2 Å². The van der Waals surface area contributed by atoms with Gasteiger partial charge in [-0.05, 0) is 46.1 Å². The van der Waals surface area contributed by atoms with E-state index in [2.05, 4.69) is 21.4 Å².